The van der Waals surface area contributed by atoms with Crippen LogP contribution in [0.25, 0.3) is 0 Å². The van der Waals surface area contributed by atoms with E-state index in [0.29, 0.717) is 0 Å². The van der Waals surface area contributed by atoms with Crippen molar-refractivity contribution in [2.75, 3.05) is 0 Å². The Kier molecular flexibility index (Phi) is 1.82. The summed E-state index contributed by atoms with van der Waals surface area (Å²) >= 11 is 0. The van der Waals surface area contributed by atoms with E-state index in [9.17, 15) is 13.2 Å². The SMILES string of the molecule is FC(F)(F)C1NC2CCC1CC2. The number of piperidine rings is 2. The summed E-state index contributed by atoms with van der Waals surface area (Å²) < 4.78 is 37.0. The Labute approximate surface area is 69.3 Å². The second-order valence-electron chi connectivity index (χ2n) is 3.80. The van der Waals surface area contributed by atoms with Crippen molar-refractivity contribution in [2.24, 2.45) is 5.92 Å². The van der Waals surface area contributed by atoms with Crippen LogP contribution in [0.1, 0.15) is 25.7 Å². The molecule has 0 amide bonds. The first-order valence-electron chi connectivity index (χ1n) is 4.40. The Balaban J connectivity index is 2.09. The van der Waals surface area contributed by atoms with E-state index in [1.165, 1.54) is 0 Å². The maximum atomic E-state index is 12.3. The molecule has 2 heterocycles. The van der Waals surface area contributed by atoms with E-state index in [1.807, 2.05) is 0 Å². The van der Waals surface area contributed by atoms with Crippen LogP contribution in [0.15, 0.2) is 0 Å². The standard InChI is InChI=1S/C8H12F3N/c9-8(10,11)7-5-1-3-6(12-7)4-2-5/h5-7,12H,1-4H2. The molecule has 0 aromatic heterocycles. The second-order valence-corrected chi connectivity index (χ2v) is 3.80. The van der Waals surface area contributed by atoms with Crippen molar-refractivity contribution in [3.63, 3.8) is 0 Å². The van der Waals surface area contributed by atoms with Crippen molar-refractivity contribution in [3.8, 4) is 0 Å². The average molecular weight is 179 g/mol. The minimum Gasteiger partial charge on any atom is -0.303 e. The summed E-state index contributed by atoms with van der Waals surface area (Å²) in [4.78, 5) is 0. The van der Waals surface area contributed by atoms with E-state index in [4.69, 9.17) is 0 Å². The lowest BCUT2D eigenvalue weighted by molar-refractivity contribution is -0.182. The van der Waals surface area contributed by atoms with Crippen LogP contribution in [0.5, 0.6) is 0 Å². The van der Waals surface area contributed by atoms with Crippen LogP contribution in [0.3, 0.4) is 0 Å². The molecule has 0 radical (unpaired) electrons. The molecule has 1 N–H and O–H groups in total. The fraction of sp³-hybridized carbons (Fsp3) is 1.00. The van der Waals surface area contributed by atoms with Gasteiger partial charge < -0.3 is 5.32 Å². The molecule has 0 aromatic rings. The normalized spacial score (nSPS) is 41.8. The minimum atomic E-state index is -4.04. The van der Waals surface area contributed by atoms with Gasteiger partial charge >= 0.3 is 6.18 Å². The predicted molar refractivity (Wildman–Crippen MR) is 38.7 cm³/mol. The fourth-order valence-corrected chi connectivity index (χ4v) is 2.37. The zero-order valence-electron chi connectivity index (χ0n) is 6.69. The molecule has 1 saturated carbocycles. The maximum Gasteiger partial charge on any atom is 0.404 e. The number of hydrogen-bond acceptors (Lipinski definition) is 1. The predicted octanol–water partition coefficient (Wildman–Crippen LogP) is 2.08. The van der Waals surface area contributed by atoms with Crippen molar-refractivity contribution in [3.05, 3.63) is 0 Å². The van der Waals surface area contributed by atoms with Gasteiger partial charge in [0.25, 0.3) is 0 Å². The molecule has 2 saturated heterocycles. The van der Waals surface area contributed by atoms with Gasteiger partial charge in [0, 0.05) is 6.04 Å². The summed E-state index contributed by atoms with van der Waals surface area (Å²) in [5, 5.41) is 2.67. The van der Waals surface area contributed by atoms with E-state index in [0.717, 1.165) is 25.7 Å². The van der Waals surface area contributed by atoms with Crippen LogP contribution in [0, 0.1) is 5.92 Å². The molecule has 3 rings (SSSR count). The summed E-state index contributed by atoms with van der Waals surface area (Å²) in [7, 11) is 0. The highest BCUT2D eigenvalue weighted by Gasteiger charge is 2.49. The van der Waals surface area contributed by atoms with Crippen LogP contribution < -0.4 is 5.32 Å². The van der Waals surface area contributed by atoms with Gasteiger partial charge in [0.2, 0.25) is 0 Å². The van der Waals surface area contributed by atoms with Gasteiger partial charge in [-0.1, -0.05) is 0 Å². The minimum absolute atomic E-state index is 0.127. The van der Waals surface area contributed by atoms with Crippen molar-refractivity contribution in [1.29, 1.82) is 0 Å². The van der Waals surface area contributed by atoms with Crippen LogP contribution in [-0.2, 0) is 0 Å². The molecule has 1 atom stereocenters. The molecule has 3 fully saturated rings. The number of nitrogens with one attached hydrogen (secondary N) is 1. The van der Waals surface area contributed by atoms with Crippen LogP contribution in [0.4, 0.5) is 13.2 Å². The first kappa shape index (κ1) is 8.35. The highest BCUT2D eigenvalue weighted by atomic mass is 19.4. The molecule has 1 aliphatic carbocycles. The smallest absolute Gasteiger partial charge is 0.303 e. The Morgan fingerprint density at radius 1 is 1.00 bits per heavy atom. The van der Waals surface area contributed by atoms with E-state index >= 15 is 0 Å². The molecule has 0 aromatic carbocycles. The first-order chi connectivity index (χ1) is 5.57. The Morgan fingerprint density at radius 2 is 1.58 bits per heavy atom. The quantitative estimate of drug-likeness (QED) is 0.600. The molecule has 70 valence electrons. The average Bonchev–Trinajstić information content (AvgIpc) is 2.05. The molecule has 2 bridgehead atoms. The number of alkyl halides is 3. The largest absolute Gasteiger partial charge is 0.404 e. The van der Waals surface area contributed by atoms with Gasteiger partial charge in [0.1, 0.15) is 6.04 Å². The third kappa shape index (κ3) is 1.32. The highest BCUT2D eigenvalue weighted by molar-refractivity contribution is 4.95. The van der Waals surface area contributed by atoms with Crippen molar-refractivity contribution in [1.82, 2.24) is 5.32 Å². The number of fused-ring (bicyclic) bond motifs is 3. The van der Waals surface area contributed by atoms with Gasteiger partial charge in [0.05, 0.1) is 0 Å². The third-order valence-electron chi connectivity index (χ3n) is 3.01. The third-order valence-corrected chi connectivity index (χ3v) is 3.01. The van der Waals surface area contributed by atoms with Gasteiger partial charge in [0.15, 0.2) is 0 Å². The van der Waals surface area contributed by atoms with E-state index < -0.39 is 12.2 Å². The summed E-state index contributed by atoms with van der Waals surface area (Å²) in [6.45, 7) is 0. The molecule has 12 heavy (non-hydrogen) atoms. The van der Waals surface area contributed by atoms with Gasteiger partial charge in [-0.05, 0) is 31.6 Å². The Bertz CT molecular complexity index is 170. The number of halogens is 3. The topological polar surface area (TPSA) is 12.0 Å². The molecule has 2 aliphatic heterocycles. The lowest BCUT2D eigenvalue weighted by Crippen LogP contribution is -2.58. The molecule has 1 nitrogen and oxygen atoms in total. The summed E-state index contributed by atoms with van der Waals surface area (Å²) in [6.07, 6.45) is -0.679. The number of rotatable bonds is 0. The van der Waals surface area contributed by atoms with Gasteiger partial charge in [-0.25, -0.2) is 0 Å². The molecular weight excluding hydrogens is 167 g/mol. The van der Waals surface area contributed by atoms with Gasteiger partial charge in [-0.15, -0.1) is 0 Å². The molecule has 4 heteroatoms. The first-order valence-corrected chi connectivity index (χ1v) is 4.40. The van der Waals surface area contributed by atoms with Crippen LogP contribution >= 0.6 is 0 Å². The lowest BCUT2D eigenvalue weighted by Gasteiger charge is -2.44. The number of hydrogen-bond donors (Lipinski definition) is 1. The van der Waals surface area contributed by atoms with Crippen molar-refractivity contribution < 1.29 is 13.2 Å². The molecule has 1 unspecified atom stereocenters. The summed E-state index contributed by atoms with van der Waals surface area (Å²) in [5.74, 6) is -0.157. The zero-order valence-corrected chi connectivity index (χ0v) is 6.69. The van der Waals surface area contributed by atoms with E-state index in [2.05, 4.69) is 5.32 Å². The molecule has 0 spiro atoms. The monoisotopic (exact) mass is 179 g/mol. The summed E-state index contributed by atoms with van der Waals surface area (Å²) in [6, 6.07) is -1.09. The van der Waals surface area contributed by atoms with Crippen LogP contribution in [-0.4, -0.2) is 18.3 Å². The Morgan fingerprint density at radius 3 is 1.83 bits per heavy atom. The zero-order chi connectivity index (χ0) is 8.77. The lowest BCUT2D eigenvalue weighted by atomic mass is 9.76. The maximum absolute atomic E-state index is 12.3. The fourth-order valence-electron chi connectivity index (χ4n) is 2.37. The van der Waals surface area contributed by atoms with Crippen molar-refractivity contribution >= 4 is 0 Å². The molecular formula is C8H12F3N. The van der Waals surface area contributed by atoms with Crippen molar-refractivity contribution in [2.45, 2.75) is 43.9 Å². The highest BCUT2D eigenvalue weighted by Crippen LogP contribution is 2.39. The van der Waals surface area contributed by atoms with Gasteiger partial charge in [-0.2, -0.15) is 13.2 Å². The molecule has 3 aliphatic rings. The summed E-state index contributed by atoms with van der Waals surface area (Å²) in [5.41, 5.74) is 0. The second kappa shape index (κ2) is 2.62. The Hall–Kier alpha value is -0.250. The van der Waals surface area contributed by atoms with Gasteiger partial charge in [-0.3, -0.25) is 0 Å². The van der Waals surface area contributed by atoms with Crippen LogP contribution in [0.2, 0.25) is 0 Å². The van der Waals surface area contributed by atoms with E-state index in [-0.39, 0.29) is 12.0 Å². The van der Waals surface area contributed by atoms with E-state index in [1.54, 1.807) is 0 Å².